The molecule has 7 heteroatoms. The molecule has 152 valence electrons. The molecule has 7 atom stereocenters. The molecule has 0 aromatic heterocycles. The fourth-order valence-corrected chi connectivity index (χ4v) is 5.62. The van der Waals surface area contributed by atoms with Crippen molar-refractivity contribution in [1.82, 2.24) is 4.90 Å². The maximum Gasteiger partial charge on any atom is 0.247 e. The molecule has 0 spiro atoms. The maximum atomic E-state index is 13.2. The molecule has 4 aliphatic carbocycles. The zero-order valence-corrected chi connectivity index (χ0v) is 16.6. The first-order valence-electron chi connectivity index (χ1n) is 10.0. The van der Waals surface area contributed by atoms with Crippen molar-refractivity contribution in [3.8, 4) is 11.5 Å². The van der Waals surface area contributed by atoms with Gasteiger partial charge in [-0.2, -0.15) is 0 Å². The standard InChI is InChI=1S/C22H24N2O5/c1-10(20(25)23-16-7-4-11(28-2)8-17(16)29-3)24-21(26)18-12-5-6-13(15-9-14(12)15)19(18)22(24)27/h4-8,10,12-15,18-19H,9H2,1-3H3,(H,23,25)/t10-,12-,13-,14-,15+,18+,19+/m0/s1. The lowest BCUT2D eigenvalue weighted by Crippen LogP contribution is -2.46. The normalized spacial score (nSPS) is 34.5. The van der Waals surface area contributed by atoms with Gasteiger partial charge >= 0.3 is 0 Å². The van der Waals surface area contributed by atoms with Gasteiger partial charge in [0.25, 0.3) is 0 Å². The summed E-state index contributed by atoms with van der Waals surface area (Å²) >= 11 is 0. The molecule has 1 heterocycles. The van der Waals surface area contributed by atoms with Crippen molar-refractivity contribution >= 4 is 23.4 Å². The van der Waals surface area contributed by atoms with Gasteiger partial charge in [0.15, 0.2) is 0 Å². The number of nitrogens with zero attached hydrogens (tertiary/aromatic N) is 1. The lowest BCUT2D eigenvalue weighted by atomic mass is 9.63. The summed E-state index contributed by atoms with van der Waals surface area (Å²) in [5.41, 5.74) is 0.463. The van der Waals surface area contributed by atoms with Crippen molar-refractivity contribution in [2.45, 2.75) is 19.4 Å². The van der Waals surface area contributed by atoms with E-state index in [1.54, 1.807) is 32.2 Å². The van der Waals surface area contributed by atoms with Gasteiger partial charge < -0.3 is 14.8 Å². The number of hydrogen-bond donors (Lipinski definition) is 1. The number of benzene rings is 1. The third-order valence-electron chi connectivity index (χ3n) is 7.13. The number of carbonyl (C=O) groups excluding carboxylic acids is 3. The number of amides is 3. The first-order valence-corrected chi connectivity index (χ1v) is 10.0. The molecular formula is C22H24N2O5. The number of nitrogens with one attached hydrogen (secondary N) is 1. The second kappa shape index (κ2) is 6.34. The molecule has 0 radical (unpaired) electrons. The van der Waals surface area contributed by atoms with Gasteiger partial charge in [-0.1, -0.05) is 12.2 Å². The highest BCUT2D eigenvalue weighted by atomic mass is 16.5. The minimum Gasteiger partial charge on any atom is -0.497 e. The van der Waals surface area contributed by atoms with Crippen LogP contribution in [0.15, 0.2) is 30.4 Å². The van der Waals surface area contributed by atoms with E-state index in [2.05, 4.69) is 17.5 Å². The zero-order valence-electron chi connectivity index (χ0n) is 16.6. The second-order valence-corrected chi connectivity index (χ2v) is 8.43. The molecule has 0 unspecified atom stereocenters. The van der Waals surface area contributed by atoms with Crippen molar-refractivity contribution in [3.05, 3.63) is 30.4 Å². The Kier molecular flexibility index (Phi) is 3.98. The number of methoxy groups -OCH3 is 2. The van der Waals surface area contributed by atoms with E-state index in [1.165, 1.54) is 12.0 Å². The van der Waals surface area contributed by atoms with Crippen LogP contribution in [0.2, 0.25) is 0 Å². The van der Waals surface area contributed by atoms with E-state index in [1.807, 2.05) is 0 Å². The average Bonchev–Trinajstić information content (AvgIpc) is 3.51. The molecule has 1 aliphatic heterocycles. The molecular weight excluding hydrogens is 372 g/mol. The fraction of sp³-hybridized carbons (Fsp3) is 0.500. The van der Waals surface area contributed by atoms with Gasteiger partial charge in [0.05, 0.1) is 31.7 Å². The van der Waals surface area contributed by atoms with Crippen LogP contribution in [-0.2, 0) is 14.4 Å². The van der Waals surface area contributed by atoms with Crippen molar-refractivity contribution in [2.75, 3.05) is 19.5 Å². The topological polar surface area (TPSA) is 84.9 Å². The summed E-state index contributed by atoms with van der Waals surface area (Å²) in [5.74, 6) is 0.998. The third-order valence-corrected chi connectivity index (χ3v) is 7.13. The van der Waals surface area contributed by atoms with Gasteiger partial charge in [0, 0.05) is 6.07 Å². The van der Waals surface area contributed by atoms with Gasteiger partial charge in [-0.3, -0.25) is 19.3 Å². The van der Waals surface area contributed by atoms with Crippen molar-refractivity contribution in [1.29, 1.82) is 0 Å². The lowest BCUT2D eigenvalue weighted by Gasteiger charge is -2.37. The van der Waals surface area contributed by atoms with E-state index in [0.29, 0.717) is 29.0 Å². The summed E-state index contributed by atoms with van der Waals surface area (Å²) in [6.45, 7) is 1.61. The molecule has 1 aromatic carbocycles. The number of anilines is 1. The van der Waals surface area contributed by atoms with E-state index >= 15 is 0 Å². The predicted molar refractivity (Wildman–Crippen MR) is 104 cm³/mol. The molecule has 1 N–H and O–H groups in total. The average molecular weight is 396 g/mol. The quantitative estimate of drug-likeness (QED) is 0.609. The Morgan fingerprint density at radius 3 is 2.24 bits per heavy atom. The molecule has 2 bridgehead atoms. The van der Waals surface area contributed by atoms with Crippen LogP contribution in [0.3, 0.4) is 0 Å². The van der Waals surface area contributed by atoms with Crippen LogP contribution < -0.4 is 14.8 Å². The van der Waals surface area contributed by atoms with Gasteiger partial charge in [0.1, 0.15) is 17.5 Å². The Morgan fingerprint density at radius 2 is 1.69 bits per heavy atom. The van der Waals surface area contributed by atoms with Crippen molar-refractivity contribution in [3.63, 3.8) is 0 Å². The number of hydrogen-bond acceptors (Lipinski definition) is 5. The summed E-state index contributed by atoms with van der Waals surface area (Å²) in [7, 11) is 3.05. The van der Waals surface area contributed by atoms with E-state index < -0.39 is 11.9 Å². The van der Waals surface area contributed by atoms with Crippen LogP contribution >= 0.6 is 0 Å². The highest BCUT2D eigenvalue weighted by Gasteiger charge is 2.67. The van der Waals surface area contributed by atoms with Crippen LogP contribution in [0.5, 0.6) is 11.5 Å². The number of carbonyl (C=O) groups is 3. The van der Waals surface area contributed by atoms with Crippen LogP contribution in [0, 0.1) is 35.5 Å². The molecule has 5 aliphatic rings. The van der Waals surface area contributed by atoms with E-state index in [9.17, 15) is 14.4 Å². The van der Waals surface area contributed by atoms with E-state index in [4.69, 9.17) is 9.47 Å². The van der Waals surface area contributed by atoms with Crippen LogP contribution in [0.25, 0.3) is 0 Å². The lowest BCUT2D eigenvalue weighted by molar-refractivity contribution is -0.146. The minimum atomic E-state index is -0.886. The molecule has 1 aromatic rings. The highest BCUT2D eigenvalue weighted by molar-refractivity contribution is 6.10. The van der Waals surface area contributed by atoms with Gasteiger partial charge in [0.2, 0.25) is 17.7 Å². The number of allylic oxidation sites excluding steroid dienone is 2. The Balaban J connectivity index is 1.36. The van der Waals surface area contributed by atoms with Crippen LogP contribution in [0.4, 0.5) is 5.69 Å². The van der Waals surface area contributed by atoms with Gasteiger partial charge in [-0.05, 0) is 49.1 Å². The van der Waals surface area contributed by atoms with Crippen molar-refractivity contribution < 1.29 is 23.9 Å². The largest absolute Gasteiger partial charge is 0.497 e. The van der Waals surface area contributed by atoms with Crippen LogP contribution in [0.1, 0.15) is 13.3 Å². The zero-order chi connectivity index (χ0) is 20.4. The summed E-state index contributed by atoms with van der Waals surface area (Å²) in [6, 6.07) is 4.16. The molecule has 3 amide bonds. The second-order valence-electron chi connectivity index (χ2n) is 8.43. The monoisotopic (exact) mass is 396 g/mol. The van der Waals surface area contributed by atoms with Crippen LogP contribution in [-0.4, -0.2) is 42.9 Å². The van der Waals surface area contributed by atoms with Crippen molar-refractivity contribution in [2.24, 2.45) is 35.5 Å². The molecule has 6 rings (SSSR count). The first kappa shape index (κ1) is 18.2. The smallest absolute Gasteiger partial charge is 0.247 e. The summed E-state index contributed by atoms with van der Waals surface area (Å²) in [6.07, 6.45) is 5.37. The molecule has 1 saturated heterocycles. The predicted octanol–water partition coefficient (Wildman–Crippen LogP) is 2.08. The summed E-state index contributed by atoms with van der Waals surface area (Å²) < 4.78 is 10.5. The Hall–Kier alpha value is -2.83. The molecule has 29 heavy (non-hydrogen) atoms. The Labute approximate surface area is 169 Å². The number of rotatable bonds is 5. The first-order chi connectivity index (χ1) is 14.0. The molecule has 2 saturated carbocycles. The minimum absolute atomic E-state index is 0.147. The van der Waals surface area contributed by atoms with Gasteiger partial charge in [-0.15, -0.1) is 0 Å². The summed E-state index contributed by atoms with van der Waals surface area (Å²) in [4.78, 5) is 40.4. The Bertz CT molecular complexity index is 905. The molecule has 7 nitrogen and oxygen atoms in total. The van der Waals surface area contributed by atoms with Gasteiger partial charge in [-0.25, -0.2) is 0 Å². The number of ether oxygens (including phenoxy) is 2. The Morgan fingerprint density at radius 1 is 1.07 bits per heavy atom. The number of likely N-dealkylation sites (tertiary alicyclic amines) is 1. The number of imide groups is 1. The fourth-order valence-electron chi connectivity index (χ4n) is 5.62. The third kappa shape index (κ3) is 2.52. The van der Waals surface area contributed by atoms with E-state index in [0.717, 1.165) is 6.42 Å². The molecule has 3 fully saturated rings. The maximum absolute atomic E-state index is 13.2. The van der Waals surface area contributed by atoms with E-state index in [-0.39, 0.29) is 35.5 Å². The summed E-state index contributed by atoms with van der Waals surface area (Å²) in [5, 5.41) is 2.79. The highest BCUT2D eigenvalue weighted by Crippen LogP contribution is 2.65. The SMILES string of the molecule is COc1ccc(NC(=O)[C@H](C)N2C(=O)[C@@H]3[C@H]4C=C[C@@H]([C@@H]5C[C@H]45)[C@H]3C2=O)c(OC)c1.